The van der Waals surface area contributed by atoms with Crippen molar-refractivity contribution in [3.05, 3.63) is 71.8 Å². The fourth-order valence-electron chi connectivity index (χ4n) is 2.95. The van der Waals surface area contributed by atoms with Crippen molar-refractivity contribution in [1.29, 1.82) is 0 Å². The average molecular weight is 290 g/mol. The Hall–Kier alpha value is -2.88. The van der Waals surface area contributed by atoms with Gasteiger partial charge >= 0.3 is 5.97 Å². The topological polar surface area (TPSA) is 55.0 Å². The minimum absolute atomic E-state index is 0.0357. The van der Waals surface area contributed by atoms with Crippen LogP contribution < -0.4 is 4.74 Å². The number of benzene rings is 2. The van der Waals surface area contributed by atoms with Crippen LogP contribution in [0.4, 0.5) is 0 Å². The summed E-state index contributed by atoms with van der Waals surface area (Å²) < 4.78 is 5.30. The molecule has 4 heteroatoms. The second-order valence-electron chi connectivity index (χ2n) is 5.32. The molecule has 1 aromatic heterocycles. The van der Waals surface area contributed by atoms with Crippen molar-refractivity contribution >= 4 is 5.97 Å². The van der Waals surface area contributed by atoms with Gasteiger partial charge in [0, 0.05) is 5.92 Å². The van der Waals surface area contributed by atoms with E-state index < -0.39 is 0 Å². The molecule has 0 fully saturated rings. The predicted octanol–water partition coefficient (Wildman–Crippen LogP) is 3.52. The molecule has 4 rings (SSSR count). The van der Waals surface area contributed by atoms with Crippen molar-refractivity contribution in [1.82, 2.24) is 10.2 Å². The van der Waals surface area contributed by atoms with Crippen LogP contribution in [-0.2, 0) is 4.79 Å². The summed E-state index contributed by atoms with van der Waals surface area (Å²) in [4.78, 5) is 11.9. The van der Waals surface area contributed by atoms with Gasteiger partial charge in [-0.15, -0.1) is 5.10 Å². The molecule has 0 spiro atoms. The van der Waals surface area contributed by atoms with Gasteiger partial charge < -0.3 is 4.74 Å². The number of carbonyl (C=O) groups excluding carboxylic acids is 1. The smallest absolute Gasteiger partial charge is 0.313 e. The lowest BCUT2D eigenvalue weighted by molar-refractivity contribution is -0.135. The van der Waals surface area contributed by atoms with Crippen molar-refractivity contribution in [2.75, 3.05) is 0 Å². The van der Waals surface area contributed by atoms with E-state index in [4.69, 9.17) is 4.74 Å². The van der Waals surface area contributed by atoms with Crippen LogP contribution in [0.25, 0.3) is 11.3 Å². The van der Waals surface area contributed by atoms with Gasteiger partial charge in [-0.3, -0.25) is 9.89 Å². The molecule has 2 aromatic carbocycles. The third-order valence-corrected chi connectivity index (χ3v) is 3.96. The number of aromatic amines is 1. The van der Waals surface area contributed by atoms with Crippen LogP contribution in [0.2, 0.25) is 0 Å². The molecule has 0 saturated carbocycles. The number of esters is 1. The molecule has 0 saturated heterocycles. The standard InChI is InChI=1S/C18H14N2O2/c21-15-11-14(12-7-3-1-4-8-12)16-17(19-20-18(16)22-15)13-9-5-2-6-10-13/h1-10,14H,11H2,(H,19,20). The zero-order chi connectivity index (χ0) is 14.9. The van der Waals surface area contributed by atoms with E-state index >= 15 is 0 Å². The molecular formula is C18H14N2O2. The minimum Gasteiger partial charge on any atom is -0.405 e. The Morgan fingerprint density at radius 1 is 1.00 bits per heavy atom. The molecule has 4 nitrogen and oxygen atoms in total. The summed E-state index contributed by atoms with van der Waals surface area (Å²) in [5, 5.41) is 7.22. The van der Waals surface area contributed by atoms with Crippen LogP contribution in [0.15, 0.2) is 60.7 Å². The van der Waals surface area contributed by atoms with Crippen LogP contribution in [0.3, 0.4) is 0 Å². The van der Waals surface area contributed by atoms with Gasteiger partial charge in [-0.1, -0.05) is 60.7 Å². The number of H-pyrrole nitrogens is 1. The number of nitrogens with zero attached hydrogens (tertiary/aromatic N) is 1. The average Bonchev–Trinajstić information content (AvgIpc) is 2.99. The molecule has 2 heterocycles. The zero-order valence-electron chi connectivity index (χ0n) is 11.8. The number of rotatable bonds is 2. The van der Waals surface area contributed by atoms with Crippen LogP contribution in [0, 0.1) is 0 Å². The fourth-order valence-corrected chi connectivity index (χ4v) is 2.95. The quantitative estimate of drug-likeness (QED) is 0.735. The maximum Gasteiger partial charge on any atom is 0.313 e. The molecule has 1 atom stereocenters. The number of fused-ring (bicyclic) bond motifs is 1. The summed E-state index contributed by atoms with van der Waals surface area (Å²) >= 11 is 0. The van der Waals surface area contributed by atoms with Crippen LogP contribution >= 0.6 is 0 Å². The lowest BCUT2D eigenvalue weighted by atomic mass is 9.86. The highest BCUT2D eigenvalue weighted by molar-refractivity contribution is 5.80. The lowest BCUT2D eigenvalue weighted by Crippen LogP contribution is -2.20. The monoisotopic (exact) mass is 290 g/mol. The molecule has 0 bridgehead atoms. The zero-order valence-corrected chi connectivity index (χ0v) is 11.8. The Balaban J connectivity index is 1.88. The molecule has 22 heavy (non-hydrogen) atoms. The van der Waals surface area contributed by atoms with Crippen molar-refractivity contribution < 1.29 is 9.53 Å². The molecule has 1 unspecified atom stereocenters. The summed E-state index contributed by atoms with van der Waals surface area (Å²) in [6.07, 6.45) is 0.330. The number of nitrogens with one attached hydrogen (secondary N) is 1. The molecular weight excluding hydrogens is 276 g/mol. The Bertz CT molecular complexity index is 810. The Morgan fingerprint density at radius 2 is 1.68 bits per heavy atom. The maximum absolute atomic E-state index is 11.9. The lowest BCUT2D eigenvalue weighted by Gasteiger charge is -2.22. The largest absolute Gasteiger partial charge is 0.405 e. The first-order valence-electron chi connectivity index (χ1n) is 7.22. The minimum atomic E-state index is -0.243. The van der Waals surface area contributed by atoms with Gasteiger partial charge in [0.2, 0.25) is 5.88 Å². The molecule has 0 radical (unpaired) electrons. The number of carbonyl (C=O) groups is 1. The van der Waals surface area contributed by atoms with Gasteiger partial charge in [-0.2, -0.15) is 0 Å². The fraction of sp³-hybridized carbons (Fsp3) is 0.111. The molecule has 1 aliphatic heterocycles. The summed E-state index contributed by atoms with van der Waals surface area (Å²) in [5.74, 6) is 0.114. The number of ether oxygens (including phenoxy) is 1. The third-order valence-electron chi connectivity index (χ3n) is 3.96. The van der Waals surface area contributed by atoms with Gasteiger partial charge in [0.25, 0.3) is 0 Å². The van der Waals surface area contributed by atoms with Crippen LogP contribution in [0.5, 0.6) is 5.88 Å². The summed E-state index contributed by atoms with van der Waals surface area (Å²) in [7, 11) is 0. The Kier molecular flexibility index (Phi) is 3.00. The van der Waals surface area contributed by atoms with Crippen molar-refractivity contribution in [2.24, 2.45) is 0 Å². The Morgan fingerprint density at radius 3 is 2.41 bits per heavy atom. The first kappa shape index (κ1) is 12.8. The van der Waals surface area contributed by atoms with Crippen molar-refractivity contribution in [2.45, 2.75) is 12.3 Å². The van der Waals surface area contributed by atoms with Gasteiger partial charge in [-0.25, -0.2) is 0 Å². The number of hydrogen-bond acceptors (Lipinski definition) is 3. The highest BCUT2D eigenvalue weighted by Gasteiger charge is 2.33. The molecule has 108 valence electrons. The van der Waals surface area contributed by atoms with E-state index in [1.807, 2.05) is 60.7 Å². The van der Waals surface area contributed by atoms with E-state index in [9.17, 15) is 4.79 Å². The van der Waals surface area contributed by atoms with E-state index in [0.717, 1.165) is 22.4 Å². The number of hydrogen-bond donors (Lipinski definition) is 1. The van der Waals surface area contributed by atoms with Gasteiger partial charge in [0.05, 0.1) is 17.7 Å². The van der Waals surface area contributed by atoms with E-state index in [2.05, 4.69) is 10.2 Å². The third kappa shape index (κ3) is 2.09. The van der Waals surface area contributed by atoms with Crippen LogP contribution in [-0.4, -0.2) is 16.2 Å². The molecule has 0 aliphatic carbocycles. The summed E-state index contributed by atoms with van der Waals surface area (Å²) in [6, 6.07) is 20.0. The molecule has 3 aromatic rings. The van der Waals surface area contributed by atoms with E-state index in [0.29, 0.717) is 12.3 Å². The molecule has 0 amide bonds. The molecule has 1 aliphatic rings. The van der Waals surface area contributed by atoms with Gasteiger partial charge in [0.1, 0.15) is 0 Å². The highest BCUT2D eigenvalue weighted by Crippen LogP contribution is 2.42. The van der Waals surface area contributed by atoms with E-state index in [1.165, 1.54) is 0 Å². The normalized spacial score (nSPS) is 16.9. The van der Waals surface area contributed by atoms with Crippen molar-refractivity contribution in [3.63, 3.8) is 0 Å². The second-order valence-corrected chi connectivity index (χ2v) is 5.32. The first-order valence-corrected chi connectivity index (χ1v) is 7.22. The SMILES string of the molecule is O=C1CC(c2ccccc2)c2c(n[nH]c2-c2ccccc2)O1. The maximum atomic E-state index is 11.9. The summed E-state index contributed by atoms with van der Waals surface area (Å²) in [5.41, 5.74) is 4.00. The van der Waals surface area contributed by atoms with Crippen molar-refractivity contribution in [3.8, 4) is 17.1 Å². The number of aromatic nitrogens is 2. The van der Waals surface area contributed by atoms with Crippen LogP contribution in [0.1, 0.15) is 23.5 Å². The van der Waals surface area contributed by atoms with E-state index in [-0.39, 0.29) is 11.9 Å². The highest BCUT2D eigenvalue weighted by atomic mass is 16.5. The summed E-state index contributed by atoms with van der Waals surface area (Å²) in [6.45, 7) is 0. The van der Waals surface area contributed by atoms with Gasteiger partial charge in [0.15, 0.2) is 0 Å². The Labute approximate surface area is 127 Å². The van der Waals surface area contributed by atoms with E-state index in [1.54, 1.807) is 0 Å². The predicted molar refractivity (Wildman–Crippen MR) is 82.6 cm³/mol. The first-order chi connectivity index (χ1) is 10.8. The molecule has 1 N–H and O–H groups in total. The second kappa shape index (κ2) is 5.15. The van der Waals surface area contributed by atoms with Gasteiger partial charge in [-0.05, 0) is 11.1 Å².